The Kier molecular flexibility index (Phi) is 2.95. The van der Waals surface area contributed by atoms with Crippen molar-refractivity contribution in [2.45, 2.75) is 46.0 Å². The molecule has 4 aliphatic rings. The molecule has 1 heterocycles. The number of carbonyl (C=O) groups is 2. The first-order chi connectivity index (χ1) is 10.4. The van der Waals surface area contributed by atoms with Crippen molar-refractivity contribution in [3.05, 3.63) is 23.8 Å². The Morgan fingerprint density at radius 3 is 2.82 bits per heavy atom. The summed E-state index contributed by atoms with van der Waals surface area (Å²) in [6, 6.07) is 0. The van der Waals surface area contributed by atoms with Gasteiger partial charge in [-0.1, -0.05) is 25.5 Å². The third kappa shape index (κ3) is 1.87. The molecule has 0 radical (unpaired) electrons. The molecule has 2 saturated carbocycles. The Morgan fingerprint density at radius 2 is 2.00 bits per heavy atom. The van der Waals surface area contributed by atoms with Crippen molar-refractivity contribution in [2.24, 2.45) is 28.6 Å². The number of hydrogen-bond donors (Lipinski definition) is 0. The van der Waals surface area contributed by atoms with Gasteiger partial charge in [-0.2, -0.15) is 0 Å². The fourth-order valence-corrected chi connectivity index (χ4v) is 5.65. The smallest absolute Gasteiger partial charge is 0.306 e. The molecule has 0 aromatic rings. The minimum absolute atomic E-state index is 0.0134. The molecule has 0 aromatic heterocycles. The van der Waals surface area contributed by atoms with Gasteiger partial charge in [0.05, 0.1) is 6.61 Å². The number of rotatable bonds is 0. The van der Waals surface area contributed by atoms with E-state index in [0.717, 1.165) is 19.3 Å². The fraction of sp³-hybridized carbons (Fsp3) is 0.684. The molecule has 22 heavy (non-hydrogen) atoms. The van der Waals surface area contributed by atoms with E-state index < -0.39 is 0 Å². The molecule has 5 atom stereocenters. The second-order valence-electron chi connectivity index (χ2n) is 8.16. The van der Waals surface area contributed by atoms with Crippen molar-refractivity contribution in [1.29, 1.82) is 0 Å². The van der Waals surface area contributed by atoms with Gasteiger partial charge in [0.2, 0.25) is 0 Å². The van der Waals surface area contributed by atoms with Crippen molar-refractivity contribution in [3.63, 3.8) is 0 Å². The average molecular weight is 300 g/mol. The zero-order valence-electron chi connectivity index (χ0n) is 13.4. The van der Waals surface area contributed by atoms with Crippen LogP contribution in [0.3, 0.4) is 0 Å². The second kappa shape index (κ2) is 4.56. The van der Waals surface area contributed by atoms with Crippen LogP contribution in [0.25, 0.3) is 0 Å². The van der Waals surface area contributed by atoms with Gasteiger partial charge in [-0.05, 0) is 55.6 Å². The average Bonchev–Trinajstić information content (AvgIpc) is 2.48. The van der Waals surface area contributed by atoms with Gasteiger partial charge in [0.25, 0.3) is 0 Å². The van der Waals surface area contributed by atoms with Crippen LogP contribution < -0.4 is 0 Å². The molecule has 1 saturated heterocycles. The molecule has 0 spiro atoms. The van der Waals surface area contributed by atoms with Gasteiger partial charge in [-0.25, -0.2) is 0 Å². The molecule has 3 heteroatoms. The van der Waals surface area contributed by atoms with Crippen LogP contribution in [-0.2, 0) is 14.3 Å². The lowest BCUT2D eigenvalue weighted by Gasteiger charge is -2.58. The number of carbonyl (C=O) groups excluding carboxylic acids is 2. The number of ether oxygens (including phenoxy) is 1. The van der Waals surface area contributed by atoms with E-state index in [-0.39, 0.29) is 22.6 Å². The largest absolute Gasteiger partial charge is 0.465 e. The van der Waals surface area contributed by atoms with Gasteiger partial charge in [0.15, 0.2) is 5.78 Å². The Hall–Kier alpha value is -1.38. The molecule has 4 rings (SSSR count). The Bertz CT molecular complexity index is 602. The monoisotopic (exact) mass is 300 g/mol. The minimum Gasteiger partial charge on any atom is -0.465 e. The number of fused-ring (bicyclic) bond motifs is 5. The van der Waals surface area contributed by atoms with Crippen LogP contribution >= 0.6 is 0 Å². The SMILES string of the molecule is C[C@]12CC[C@H]3[C@@H](CCC4=CC(=O)C=C[C@@]43C)[C@@H]1CC(=O)OC2. The van der Waals surface area contributed by atoms with Crippen molar-refractivity contribution in [1.82, 2.24) is 0 Å². The van der Waals surface area contributed by atoms with Gasteiger partial charge in [-0.15, -0.1) is 0 Å². The summed E-state index contributed by atoms with van der Waals surface area (Å²) in [6.45, 7) is 5.18. The summed E-state index contributed by atoms with van der Waals surface area (Å²) in [5.41, 5.74) is 1.48. The summed E-state index contributed by atoms with van der Waals surface area (Å²) >= 11 is 0. The van der Waals surface area contributed by atoms with Crippen LogP contribution in [-0.4, -0.2) is 18.4 Å². The molecule has 0 unspecified atom stereocenters. The van der Waals surface area contributed by atoms with Crippen LogP contribution in [0.1, 0.15) is 46.0 Å². The first kappa shape index (κ1) is 14.2. The minimum atomic E-state index is -0.0241. The molecule has 1 aliphatic heterocycles. The van der Waals surface area contributed by atoms with Gasteiger partial charge >= 0.3 is 5.97 Å². The van der Waals surface area contributed by atoms with Crippen molar-refractivity contribution >= 4 is 11.8 Å². The molecule has 118 valence electrons. The Balaban J connectivity index is 1.70. The maximum atomic E-state index is 11.8. The summed E-state index contributed by atoms with van der Waals surface area (Å²) < 4.78 is 5.37. The Morgan fingerprint density at radius 1 is 1.18 bits per heavy atom. The van der Waals surface area contributed by atoms with Crippen molar-refractivity contribution in [2.75, 3.05) is 6.61 Å². The molecule has 0 N–H and O–H groups in total. The molecule has 3 aliphatic carbocycles. The molecule has 0 aromatic carbocycles. The molecule has 0 bridgehead atoms. The number of ketones is 1. The van der Waals surface area contributed by atoms with E-state index in [1.54, 1.807) is 6.08 Å². The molecule has 3 fully saturated rings. The quantitative estimate of drug-likeness (QED) is 0.644. The zero-order valence-corrected chi connectivity index (χ0v) is 13.4. The van der Waals surface area contributed by atoms with Crippen LogP contribution in [0.15, 0.2) is 23.8 Å². The molecule has 0 amide bonds. The van der Waals surface area contributed by atoms with E-state index >= 15 is 0 Å². The Labute approximate surface area is 131 Å². The van der Waals surface area contributed by atoms with Crippen LogP contribution in [0, 0.1) is 28.6 Å². The first-order valence-electron chi connectivity index (χ1n) is 8.52. The van der Waals surface area contributed by atoms with E-state index in [2.05, 4.69) is 19.9 Å². The highest BCUT2D eigenvalue weighted by molar-refractivity contribution is 6.01. The van der Waals surface area contributed by atoms with E-state index in [1.165, 1.54) is 12.0 Å². The van der Waals surface area contributed by atoms with Gasteiger partial charge in [0, 0.05) is 17.3 Å². The summed E-state index contributed by atoms with van der Waals surface area (Å²) in [7, 11) is 0. The van der Waals surface area contributed by atoms with Crippen molar-refractivity contribution < 1.29 is 14.3 Å². The fourth-order valence-electron chi connectivity index (χ4n) is 5.65. The van der Waals surface area contributed by atoms with Crippen LogP contribution in [0.5, 0.6) is 0 Å². The lowest BCUT2D eigenvalue weighted by atomic mass is 9.47. The summed E-state index contributed by atoms with van der Waals surface area (Å²) in [5, 5.41) is 0. The van der Waals surface area contributed by atoms with E-state index in [1.807, 2.05) is 6.08 Å². The molecular formula is C19H24O3. The lowest BCUT2D eigenvalue weighted by molar-refractivity contribution is -0.171. The predicted molar refractivity (Wildman–Crippen MR) is 83.0 cm³/mol. The summed E-state index contributed by atoms with van der Waals surface area (Å²) in [4.78, 5) is 23.6. The standard InChI is InChI=1S/C19H24O3/c1-18-7-6-15-14(16(18)10-17(21)22-11-18)4-3-12-9-13(20)5-8-19(12,15)2/h5,8-9,14-16H,3-4,6-7,10-11H2,1-2H3/t14-,15+,16+,18-,19+/m1/s1. The summed E-state index contributed by atoms with van der Waals surface area (Å²) in [5.74, 6) is 1.68. The number of esters is 1. The van der Waals surface area contributed by atoms with Crippen LogP contribution in [0.2, 0.25) is 0 Å². The maximum absolute atomic E-state index is 11.8. The number of cyclic esters (lactones) is 1. The van der Waals surface area contributed by atoms with E-state index in [9.17, 15) is 9.59 Å². The lowest BCUT2D eigenvalue weighted by Crippen LogP contribution is -2.53. The number of allylic oxidation sites excluding steroid dienone is 4. The highest BCUT2D eigenvalue weighted by atomic mass is 16.5. The third-order valence-corrected chi connectivity index (χ3v) is 7.02. The predicted octanol–water partition coefficient (Wildman–Crippen LogP) is 3.45. The normalized spacial score (nSPS) is 47.0. The van der Waals surface area contributed by atoms with Gasteiger partial charge in [-0.3, -0.25) is 9.59 Å². The third-order valence-electron chi connectivity index (χ3n) is 7.02. The van der Waals surface area contributed by atoms with Crippen molar-refractivity contribution in [3.8, 4) is 0 Å². The second-order valence-corrected chi connectivity index (χ2v) is 8.16. The van der Waals surface area contributed by atoms with Gasteiger partial charge in [0.1, 0.15) is 0 Å². The zero-order chi connectivity index (χ0) is 15.5. The van der Waals surface area contributed by atoms with Crippen LogP contribution in [0.4, 0.5) is 0 Å². The highest BCUT2D eigenvalue weighted by Gasteiger charge is 2.56. The number of hydrogen-bond acceptors (Lipinski definition) is 3. The molecule has 3 nitrogen and oxygen atoms in total. The molecular weight excluding hydrogens is 276 g/mol. The topological polar surface area (TPSA) is 43.4 Å². The summed E-state index contributed by atoms with van der Waals surface area (Å²) in [6.07, 6.45) is 10.7. The maximum Gasteiger partial charge on any atom is 0.306 e. The van der Waals surface area contributed by atoms with E-state index in [4.69, 9.17) is 4.74 Å². The van der Waals surface area contributed by atoms with Gasteiger partial charge < -0.3 is 4.74 Å². The first-order valence-corrected chi connectivity index (χ1v) is 8.52. The highest BCUT2D eigenvalue weighted by Crippen LogP contribution is 2.61. The van der Waals surface area contributed by atoms with E-state index in [0.29, 0.717) is 30.8 Å².